The molecule has 0 saturated carbocycles. The number of aliphatic hydroxyl groups excluding tert-OH is 1. The van der Waals surface area contributed by atoms with Crippen LogP contribution in [0.4, 0.5) is 0 Å². The van der Waals surface area contributed by atoms with Gasteiger partial charge in [-0.3, -0.25) is 4.90 Å². The minimum absolute atomic E-state index is 0.0217. The van der Waals surface area contributed by atoms with E-state index in [2.05, 4.69) is 53.1 Å². The molecule has 0 amide bonds. The lowest BCUT2D eigenvalue weighted by Crippen LogP contribution is -2.44. The maximum Gasteiger partial charge on any atom is 0.120 e. The maximum absolute atomic E-state index is 10.2. The molecular formula is C25H33NO2S. The van der Waals surface area contributed by atoms with E-state index in [9.17, 15) is 10.2 Å². The predicted molar refractivity (Wildman–Crippen MR) is 121 cm³/mol. The number of rotatable bonds is 7. The third kappa shape index (κ3) is 6.97. The van der Waals surface area contributed by atoms with Gasteiger partial charge < -0.3 is 10.2 Å². The zero-order chi connectivity index (χ0) is 20.7. The summed E-state index contributed by atoms with van der Waals surface area (Å²) in [6.07, 6.45) is 5.52. The summed E-state index contributed by atoms with van der Waals surface area (Å²) in [7, 11) is 0. The molecule has 1 aromatic heterocycles. The summed E-state index contributed by atoms with van der Waals surface area (Å²) >= 11 is 1.70. The molecule has 1 aliphatic heterocycles. The van der Waals surface area contributed by atoms with Crippen LogP contribution in [0.1, 0.15) is 54.8 Å². The number of thiophene rings is 1. The summed E-state index contributed by atoms with van der Waals surface area (Å²) in [5.74, 6) is 5.96. The number of nitrogens with zero attached hydrogens (tertiary/aromatic N) is 1. The minimum atomic E-state index is -0.961. The fourth-order valence-electron chi connectivity index (χ4n) is 4.13. The molecule has 1 atom stereocenters. The zero-order valence-electron chi connectivity index (χ0n) is 17.7. The molecule has 0 aliphatic carbocycles. The normalized spacial score (nSPS) is 20.3. The van der Waals surface area contributed by atoms with Crippen LogP contribution in [0.25, 0.3) is 0 Å². The summed E-state index contributed by atoms with van der Waals surface area (Å²) in [6, 6.07) is 14.8. The summed E-state index contributed by atoms with van der Waals surface area (Å²) in [5, 5.41) is 20.0. The van der Waals surface area contributed by atoms with Gasteiger partial charge in [-0.15, -0.1) is 11.3 Å². The number of benzene rings is 1. The highest BCUT2D eigenvalue weighted by Gasteiger charge is 2.34. The Balaban J connectivity index is 1.55. The largest absolute Gasteiger partial charge is 0.396 e. The molecule has 2 N–H and O–H groups in total. The zero-order valence-corrected chi connectivity index (χ0v) is 18.5. The third-order valence-corrected chi connectivity index (χ3v) is 6.61. The van der Waals surface area contributed by atoms with Crippen LogP contribution in [0.3, 0.4) is 0 Å². The number of hydrogen-bond donors (Lipinski definition) is 2. The van der Waals surface area contributed by atoms with Crippen molar-refractivity contribution in [2.75, 3.05) is 19.7 Å². The standard InChI is InChI=1S/C25H33NO2S/c1-24(2,28)16-13-22-11-12-23(29-22)18-26-17-7-15-25(19-26,20-27)14-6-10-21-8-4-3-5-9-21/h3-5,8-9,11-12,27-28H,6-7,10,14-15,17-20H2,1-2H3/t25-/m1/s1. The number of hydrogen-bond acceptors (Lipinski definition) is 4. The molecular weight excluding hydrogens is 378 g/mol. The van der Waals surface area contributed by atoms with Crippen LogP contribution in [0, 0.1) is 17.3 Å². The molecule has 2 heterocycles. The Morgan fingerprint density at radius 1 is 1.17 bits per heavy atom. The van der Waals surface area contributed by atoms with E-state index in [1.807, 2.05) is 6.07 Å². The lowest BCUT2D eigenvalue weighted by Gasteiger charge is -2.42. The highest BCUT2D eigenvalue weighted by atomic mass is 32.1. The molecule has 29 heavy (non-hydrogen) atoms. The number of aliphatic hydroxyl groups is 2. The van der Waals surface area contributed by atoms with Crippen LogP contribution in [-0.2, 0) is 13.0 Å². The first-order valence-electron chi connectivity index (χ1n) is 10.6. The molecule has 1 aromatic carbocycles. The first-order chi connectivity index (χ1) is 13.9. The molecule has 1 fully saturated rings. The first kappa shape index (κ1) is 22.1. The molecule has 156 valence electrons. The van der Waals surface area contributed by atoms with Gasteiger partial charge in [-0.25, -0.2) is 0 Å². The van der Waals surface area contributed by atoms with E-state index in [4.69, 9.17) is 0 Å². The predicted octanol–water partition coefficient (Wildman–Crippen LogP) is 4.47. The van der Waals surface area contributed by atoms with Crippen molar-refractivity contribution in [3.8, 4) is 11.8 Å². The van der Waals surface area contributed by atoms with Crippen LogP contribution in [0.15, 0.2) is 42.5 Å². The molecule has 3 nitrogen and oxygen atoms in total. The Morgan fingerprint density at radius 2 is 1.97 bits per heavy atom. The van der Waals surface area contributed by atoms with Crippen molar-refractivity contribution in [1.29, 1.82) is 0 Å². The van der Waals surface area contributed by atoms with Crippen molar-refractivity contribution in [2.45, 2.75) is 58.1 Å². The van der Waals surface area contributed by atoms with Crippen molar-refractivity contribution in [1.82, 2.24) is 4.90 Å². The highest BCUT2D eigenvalue weighted by Crippen LogP contribution is 2.35. The smallest absolute Gasteiger partial charge is 0.120 e. The van der Waals surface area contributed by atoms with E-state index in [1.165, 1.54) is 10.4 Å². The third-order valence-electron chi connectivity index (χ3n) is 5.62. The fraction of sp³-hybridized carbons (Fsp3) is 0.520. The van der Waals surface area contributed by atoms with E-state index in [-0.39, 0.29) is 12.0 Å². The Hall–Kier alpha value is -1.64. The first-order valence-corrected chi connectivity index (χ1v) is 11.4. The molecule has 0 bridgehead atoms. The minimum Gasteiger partial charge on any atom is -0.396 e. The molecule has 4 heteroatoms. The second-order valence-electron chi connectivity index (χ2n) is 8.89. The summed E-state index contributed by atoms with van der Waals surface area (Å²) < 4.78 is 0. The van der Waals surface area contributed by atoms with Gasteiger partial charge in [-0.05, 0) is 70.2 Å². The van der Waals surface area contributed by atoms with Gasteiger partial charge in [0, 0.05) is 30.0 Å². The second-order valence-corrected chi connectivity index (χ2v) is 10.1. The Labute approximate surface area is 179 Å². The Morgan fingerprint density at radius 3 is 2.69 bits per heavy atom. The van der Waals surface area contributed by atoms with Crippen molar-refractivity contribution in [3.05, 3.63) is 57.8 Å². The quantitative estimate of drug-likeness (QED) is 0.661. The Kier molecular flexibility index (Phi) is 7.54. The summed E-state index contributed by atoms with van der Waals surface area (Å²) in [5.41, 5.74) is 0.442. The van der Waals surface area contributed by atoms with Gasteiger partial charge in [0.2, 0.25) is 0 Å². The van der Waals surface area contributed by atoms with Gasteiger partial charge in [-0.2, -0.15) is 0 Å². The van der Waals surface area contributed by atoms with Gasteiger partial charge in [0.1, 0.15) is 5.60 Å². The van der Waals surface area contributed by atoms with Crippen LogP contribution >= 0.6 is 11.3 Å². The summed E-state index contributed by atoms with van der Waals surface area (Å²) in [4.78, 5) is 4.78. The number of likely N-dealkylation sites (tertiary alicyclic amines) is 1. The maximum atomic E-state index is 10.2. The molecule has 1 aliphatic rings. The highest BCUT2D eigenvalue weighted by molar-refractivity contribution is 7.12. The van der Waals surface area contributed by atoms with E-state index in [0.717, 1.165) is 56.6 Å². The van der Waals surface area contributed by atoms with Gasteiger partial charge >= 0.3 is 0 Å². The van der Waals surface area contributed by atoms with E-state index in [0.29, 0.717) is 0 Å². The molecule has 0 radical (unpaired) electrons. The van der Waals surface area contributed by atoms with E-state index >= 15 is 0 Å². The van der Waals surface area contributed by atoms with Crippen LogP contribution in [0.2, 0.25) is 0 Å². The topological polar surface area (TPSA) is 43.7 Å². The van der Waals surface area contributed by atoms with Gasteiger partial charge in [0.15, 0.2) is 0 Å². The lowest BCUT2D eigenvalue weighted by molar-refractivity contribution is 0.0212. The number of aryl methyl sites for hydroxylation is 1. The van der Waals surface area contributed by atoms with Crippen molar-refractivity contribution < 1.29 is 10.2 Å². The molecule has 2 aromatic rings. The van der Waals surface area contributed by atoms with Gasteiger partial charge in [0.05, 0.1) is 4.88 Å². The van der Waals surface area contributed by atoms with E-state index in [1.54, 1.807) is 25.2 Å². The number of piperidine rings is 1. The van der Waals surface area contributed by atoms with Crippen molar-refractivity contribution in [2.24, 2.45) is 5.41 Å². The molecule has 3 rings (SSSR count). The van der Waals surface area contributed by atoms with Gasteiger partial charge in [0.25, 0.3) is 0 Å². The summed E-state index contributed by atoms with van der Waals surface area (Å²) in [6.45, 7) is 6.63. The average Bonchev–Trinajstić information content (AvgIpc) is 3.14. The second kappa shape index (κ2) is 9.91. The van der Waals surface area contributed by atoms with Crippen molar-refractivity contribution in [3.63, 3.8) is 0 Å². The molecule has 0 spiro atoms. The van der Waals surface area contributed by atoms with E-state index < -0.39 is 5.60 Å². The average molecular weight is 412 g/mol. The lowest BCUT2D eigenvalue weighted by atomic mass is 9.76. The van der Waals surface area contributed by atoms with Gasteiger partial charge in [-0.1, -0.05) is 42.2 Å². The Bertz CT molecular complexity index is 828. The van der Waals surface area contributed by atoms with Crippen LogP contribution < -0.4 is 0 Å². The fourth-order valence-corrected chi connectivity index (χ4v) is 5.04. The van der Waals surface area contributed by atoms with Crippen molar-refractivity contribution >= 4 is 11.3 Å². The molecule has 0 unspecified atom stereocenters. The molecule has 1 saturated heterocycles. The monoisotopic (exact) mass is 411 g/mol. The van der Waals surface area contributed by atoms with Crippen LogP contribution in [0.5, 0.6) is 0 Å². The SMILES string of the molecule is CC(C)(O)C#Cc1ccc(CN2CCC[C@](CO)(CCCc3ccccc3)C2)s1. The van der Waals surface area contributed by atoms with Crippen LogP contribution in [-0.4, -0.2) is 40.4 Å².